The van der Waals surface area contributed by atoms with Gasteiger partial charge in [0.2, 0.25) is 5.91 Å². The van der Waals surface area contributed by atoms with Crippen molar-refractivity contribution in [1.29, 1.82) is 0 Å². The summed E-state index contributed by atoms with van der Waals surface area (Å²) >= 11 is 0. The molecule has 0 aliphatic heterocycles. The number of rotatable bonds is 4. The van der Waals surface area contributed by atoms with E-state index in [4.69, 9.17) is 4.74 Å². The molecule has 0 amide bonds. The Morgan fingerprint density at radius 2 is 1.73 bits per heavy atom. The molecule has 0 bridgehead atoms. The lowest BCUT2D eigenvalue weighted by Crippen LogP contribution is -2.30. The van der Waals surface area contributed by atoms with Crippen LogP contribution in [0.3, 0.4) is 0 Å². The first-order valence-corrected chi connectivity index (χ1v) is 8.83. The number of pyridine rings is 1. The maximum atomic E-state index is 13.1. The fourth-order valence-electron chi connectivity index (χ4n) is 2.98. The summed E-state index contributed by atoms with van der Waals surface area (Å²) in [5, 5.41) is 2.18. The van der Waals surface area contributed by atoms with Gasteiger partial charge < -0.3 is 4.74 Å². The minimum Gasteiger partial charge on any atom is -0.497 e. The highest BCUT2D eigenvalue weighted by molar-refractivity contribution is 5.89. The molecule has 0 saturated carbocycles. The van der Waals surface area contributed by atoms with Gasteiger partial charge in [-0.2, -0.15) is 0 Å². The fraction of sp³-hybridized carbons (Fsp3) is 0.273. The second-order valence-electron chi connectivity index (χ2n) is 6.68. The zero-order valence-corrected chi connectivity index (χ0v) is 15.6. The van der Waals surface area contributed by atoms with Crippen molar-refractivity contribution in [3.8, 4) is 5.75 Å². The van der Waals surface area contributed by atoms with Gasteiger partial charge in [0, 0.05) is 12.2 Å². The van der Waals surface area contributed by atoms with E-state index in [1.54, 1.807) is 17.9 Å². The molecule has 1 heterocycles. The van der Waals surface area contributed by atoms with Crippen LogP contribution in [0.25, 0.3) is 10.8 Å². The van der Waals surface area contributed by atoms with Crippen molar-refractivity contribution >= 4 is 16.7 Å². The molecule has 4 nitrogen and oxygen atoms in total. The Morgan fingerprint density at radius 3 is 2.46 bits per heavy atom. The molecule has 0 radical (unpaired) electrons. The van der Waals surface area contributed by atoms with E-state index in [2.05, 4.69) is 11.1 Å². The molecule has 1 aromatic heterocycles. The van der Waals surface area contributed by atoms with Crippen molar-refractivity contribution in [1.82, 2.24) is 4.57 Å². The molecule has 0 saturated heterocycles. The topological polar surface area (TPSA) is 43.6 Å². The molecule has 1 unspecified atom stereocenters. The average Bonchev–Trinajstić information content (AvgIpc) is 2.66. The van der Waals surface area contributed by atoms with Gasteiger partial charge in [-0.25, -0.2) is 0 Å². The molecule has 3 aromatic rings. The summed E-state index contributed by atoms with van der Waals surface area (Å²) in [5.41, 5.74) is 1.67. The van der Waals surface area contributed by atoms with Crippen molar-refractivity contribution in [2.75, 3.05) is 7.11 Å². The lowest BCUT2D eigenvalue weighted by Gasteiger charge is -2.15. The van der Waals surface area contributed by atoms with Crippen LogP contribution in [-0.2, 0) is 0 Å². The van der Waals surface area contributed by atoms with E-state index in [9.17, 15) is 4.79 Å². The molecule has 0 spiro atoms. The molecule has 0 fully saturated rings. The molecule has 3 rings (SSSR count). The zero-order valence-electron chi connectivity index (χ0n) is 15.6. The highest BCUT2D eigenvalue weighted by Gasteiger charge is 2.18. The van der Waals surface area contributed by atoms with Crippen molar-refractivity contribution in [2.45, 2.75) is 32.7 Å². The number of benzene rings is 2. The zero-order chi connectivity index (χ0) is 18.7. The monoisotopic (exact) mass is 348 g/mol. The second kappa shape index (κ2) is 7.56. The number of fused-ring (bicyclic) bond motifs is 1. The number of hydrogen-bond acceptors (Lipinski definition) is 3. The molecule has 2 aromatic carbocycles. The van der Waals surface area contributed by atoms with E-state index in [-0.39, 0.29) is 17.9 Å². The number of nitrogens with zero attached hydrogens (tertiary/aromatic N) is 2. The Labute approximate surface area is 153 Å². The van der Waals surface area contributed by atoms with E-state index >= 15 is 0 Å². The quantitative estimate of drug-likeness (QED) is 0.701. The lowest BCUT2D eigenvalue weighted by atomic mass is 9.97. The summed E-state index contributed by atoms with van der Waals surface area (Å²) in [6.07, 6.45) is 1.78. The number of hydrogen-bond donors (Lipinski definition) is 0. The normalized spacial score (nSPS) is 13.2. The average molecular weight is 348 g/mol. The van der Waals surface area contributed by atoms with Crippen LogP contribution < -0.4 is 10.2 Å². The molecule has 26 heavy (non-hydrogen) atoms. The first-order valence-electron chi connectivity index (χ1n) is 8.83. The van der Waals surface area contributed by atoms with Gasteiger partial charge in [0.25, 0.3) is 0 Å². The van der Waals surface area contributed by atoms with Crippen molar-refractivity contribution in [3.05, 3.63) is 71.8 Å². The van der Waals surface area contributed by atoms with Gasteiger partial charge >= 0.3 is 0 Å². The van der Waals surface area contributed by atoms with Crippen LogP contribution in [0.4, 0.5) is 0 Å². The van der Waals surface area contributed by atoms with Crippen LogP contribution >= 0.6 is 0 Å². The van der Waals surface area contributed by atoms with Crippen LogP contribution in [0.2, 0.25) is 0 Å². The number of carbonyl (C=O) groups is 1. The van der Waals surface area contributed by atoms with Gasteiger partial charge in [-0.1, -0.05) is 30.3 Å². The van der Waals surface area contributed by atoms with Crippen LogP contribution in [0, 0.1) is 0 Å². The molecule has 4 heteroatoms. The van der Waals surface area contributed by atoms with Gasteiger partial charge in [0.15, 0.2) is 0 Å². The molecule has 0 aliphatic rings. The summed E-state index contributed by atoms with van der Waals surface area (Å²) in [4.78, 5) is 17.6. The minimum atomic E-state index is -0.269. The van der Waals surface area contributed by atoms with Gasteiger partial charge in [-0.05, 0) is 61.4 Å². The number of carbonyl (C=O) groups excluding carboxylic acids is 1. The van der Waals surface area contributed by atoms with Crippen LogP contribution in [0.15, 0.2) is 65.8 Å². The minimum absolute atomic E-state index is 0.0119. The Bertz CT molecular complexity index is 1000. The van der Waals surface area contributed by atoms with Crippen molar-refractivity contribution in [3.63, 3.8) is 0 Å². The molecule has 134 valence electrons. The van der Waals surface area contributed by atoms with Gasteiger partial charge in [-0.3, -0.25) is 14.4 Å². The van der Waals surface area contributed by atoms with E-state index in [0.29, 0.717) is 5.49 Å². The van der Waals surface area contributed by atoms with Crippen molar-refractivity contribution < 1.29 is 9.53 Å². The lowest BCUT2D eigenvalue weighted by molar-refractivity contribution is 0.0879. The summed E-state index contributed by atoms with van der Waals surface area (Å²) in [5.74, 6) is 0.571. The molecule has 0 aliphatic carbocycles. The standard InChI is InChI=1S/C22H24N2O2/c1-15(2)23-21-7-5-6-12-24(21)22(25)16(3)17-8-9-19-14-20(26-4)11-10-18(19)13-17/h5-16H,1-4H3. The first-order chi connectivity index (χ1) is 12.5. The van der Waals surface area contributed by atoms with Crippen molar-refractivity contribution in [2.24, 2.45) is 4.99 Å². The first kappa shape index (κ1) is 17.9. The maximum absolute atomic E-state index is 13.1. The Balaban J connectivity index is 1.98. The molecule has 0 N–H and O–H groups in total. The predicted octanol–water partition coefficient (Wildman–Crippen LogP) is 4.40. The third kappa shape index (κ3) is 3.69. The number of ether oxygens (including phenoxy) is 1. The molecule has 1 atom stereocenters. The smallest absolute Gasteiger partial charge is 0.239 e. The third-order valence-corrected chi connectivity index (χ3v) is 4.41. The van der Waals surface area contributed by atoms with E-state index in [1.807, 2.05) is 69.3 Å². The molecular formula is C22H24N2O2. The summed E-state index contributed by atoms with van der Waals surface area (Å²) in [7, 11) is 1.66. The SMILES string of the molecule is COc1ccc2cc(C(C)C(=O)n3ccccc3=NC(C)C)ccc2c1. The van der Waals surface area contributed by atoms with E-state index < -0.39 is 0 Å². The van der Waals surface area contributed by atoms with Crippen LogP contribution in [0.5, 0.6) is 5.75 Å². The Hall–Kier alpha value is -2.88. The summed E-state index contributed by atoms with van der Waals surface area (Å²) in [6.45, 7) is 5.94. The maximum Gasteiger partial charge on any atom is 0.239 e. The highest BCUT2D eigenvalue weighted by Crippen LogP contribution is 2.25. The predicted molar refractivity (Wildman–Crippen MR) is 105 cm³/mol. The van der Waals surface area contributed by atoms with Gasteiger partial charge in [0.05, 0.1) is 13.0 Å². The number of aromatic nitrogens is 1. The largest absolute Gasteiger partial charge is 0.497 e. The third-order valence-electron chi connectivity index (χ3n) is 4.41. The Morgan fingerprint density at radius 1 is 1.00 bits per heavy atom. The summed E-state index contributed by atoms with van der Waals surface area (Å²) in [6, 6.07) is 17.8. The highest BCUT2D eigenvalue weighted by atomic mass is 16.5. The number of methoxy groups -OCH3 is 1. The van der Waals surface area contributed by atoms with E-state index in [0.717, 1.165) is 22.1 Å². The van der Waals surface area contributed by atoms with Gasteiger partial charge in [0.1, 0.15) is 11.2 Å². The fourth-order valence-corrected chi connectivity index (χ4v) is 2.98. The van der Waals surface area contributed by atoms with Crippen LogP contribution in [-0.4, -0.2) is 23.6 Å². The second-order valence-corrected chi connectivity index (χ2v) is 6.68. The van der Waals surface area contributed by atoms with Gasteiger partial charge in [-0.15, -0.1) is 0 Å². The van der Waals surface area contributed by atoms with E-state index in [1.165, 1.54) is 0 Å². The Kier molecular flexibility index (Phi) is 5.21. The molecular weight excluding hydrogens is 324 g/mol. The summed E-state index contributed by atoms with van der Waals surface area (Å²) < 4.78 is 6.91. The van der Waals surface area contributed by atoms with Crippen LogP contribution in [0.1, 0.15) is 37.0 Å².